The van der Waals surface area contributed by atoms with Crippen molar-refractivity contribution in [2.45, 2.75) is 13.3 Å². The second kappa shape index (κ2) is 5.57. The van der Waals surface area contributed by atoms with Gasteiger partial charge >= 0.3 is 0 Å². The Hall–Kier alpha value is -2.61. The highest BCUT2D eigenvalue weighted by atomic mass is 19.3. The first-order valence-corrected chi connectivity index (χ1v) is 5.96. The highest BCUT2D eigenvalue weighted by Gasteiger charge is 2.14. The van der Waals surface area contributed by atoms with Crippen molar-refractivity contribution in [1.29, 1.82) is 5.26 Å². The summed E-state index contributed by atoms with van der Waals surface area (Å²) in [6, 6.07) is 11.4. The summed E-state index contributed by atoms with van der Waals surface area (Å²) in [5.74, 6) is 0. The molecule has 20 heavy (non-hydrogen) atoms. The fourth-order valence-electron chi connectivity index (χ4n) is 1.85. The van der Waals surface area contributed by atoms with Crippen LogP contribution in [0, 0.1) is 18.3 Å². The van der Waals surface area contributed by atoms with Gasteiger partial charge in [0, 0.05) is 22.6 Å². The summed E-state index contributed by atoms with van der Waals surface area (Å²) in [6.07, 6.45) is -2.62. The molecule has 0 atom stereocenters. The number of nitrogens with zero attached hydrogens (tertiary/aromatic N) is 1. The molecule has 0 saturated heterocycles. The van der Waals surface area contributed by atoms with E-state index in [0.717, 1.165) is 5.56 Å². The SMILES string of the molecule is Cc1ccc(C#N)cc1Nc1ccc(N)cc1C(F)F. The van der Waals surface area contributed by atoms with Crippen molar-refractivity contribution in [1.82, 2.24) is 0 Å². The molecule has 2 aromatic rings. The van der Waals surface area contributed by atoms with Crippen LogP contribution in [0.15, 0.2) is 36.4 Å². The maximum Gasteiger partial charge on any atom is 0.265 e. The Bertz CT molecular complexity index is 675. The Morgan fingerprint density at radius 1 is 1.15 bits per heavy atom. The molecule has 3 nitrogen and oxygen atoms in total. The minimum absolute atomic E-state index is 0.160. The molecular formula is C15H13F2N3. The smallest absolute Gasteiger partial charge is 0.265 e. The van der Waals surface area contributed by atoms with Crippen LogP contribution in [0.4, 0.5) is 25.8 Å². The van der Waals surface area contributed by atoms with Gasteiger partial charge in [-0.05, 0) is 42.8 Å². The molecule has 0 aromatic heterocycles. The molecule has 0 spiro atoms. The summed E-state index contributed by atoms with van der Waals surface area (Å²) >= 11 is 0. The van der Waals surface area contributed by atoms with Gasteiger partial charge in [0.05, 0.1) is 11.6 Å². The minimum atomic E-state index is -2.62. The number of nitrogens with two attached hydrogens (primary N) is 1. The number of nitriles is 1. The van der Waals surface area contributed by atoms with Crippen LogP contribution in [-0.2, 0) is 0 Å². The zero-order valence-corrected chi connectivity index (χ0v) is 10.8. The Balaban J connectivity index is 2.42. The Kier molecular flexibility index (Phi) is 3.85. The number of aryl methyl sites for hydroxylation is 1. The third-order valence-electron chi connectivity index (χ3n) is 2.95. The van der Waals surface area contributed by atoms with Crippen molar-refractivity contribution in [2.75, 3.05) is 11.1 Å². The molecule has 5 heteroatoms. The molecule has 0 aliphatic carbocycles. The van der Waals surface area contributed by atoms with Gasteiger partial charge in [0.1, 0.15) is 0 Å². The van der Waals surface area contributed by atoms with Gasteiger partial charge in [-0.1, -0.05) is 6.07 Å². The van der Waals surface area contributed by atoms with E-state index in [0.29, 0.717) is 11.3 Å². The molecule has 0 heterocycles. The van der Waals surface area contributed by atoms with E-state index in [1.54, 1.807) is 24.3 Å². The highest BCUT2D eigenvalue weighted by molar-refractivity contribution is 5.69. The van der Waals surface area contributed by atoms with Crippen molar-refractivity contribution in [3.63, 3.8) is 0 Å². The highest BCUT2D eigenvalue weighted by Crippen LogP contribution is 2.32. The summed E-state index contributed by atoms with van der Waals surface area (Å²) in [5, 5.41) is 11.8. The monoisotopic (exact) mass is 273 g/mol. The van der Waals surface area contributed by atoms with Gasteiger partial charge in [-0.2, -0.15) is 5.26 Å². The van der Waals surface area contributed by atoms with Crippen molar-refractivity contribution >= 4 is 17.1 Å². The normalized spacial score (nSPS) is 10.3. The fourth-order valence-corrected chi connectivity index (χ4v) is 1.85. The van der Waals surface area contributed by atoms with Crippen molar-refractivity contribution < 1.29 is 8.78 Å². The van der Waals surface area contributed by atoms with Crippen LogP contribution in [0.2, 0.25) is 0 Å². The van der Waals surface area contributed by atoms with E-state index < -0.39 is 6.43 Å². The molecule has 0 aliphatic rings. The van der Waals surface area contributed by atoms with Gasteiger partial charge in [-0.3, -0.25) is 0 Å². The first kappa shape index (κ1) is 13.8. The molecule has 0 unspecified atom stereocenters. The van der Waals surface area contributed by atoms with Gasteiger partial charge in [-0.15, -0.1) is 0 Å². The molecule has 102 valence electrons. The number of nitrogen functional groups attached to an aromatic ring is 1. The molecule has 0 saturated carbocycles. The number of hydrogen-bond acceptors (Lipinski definition) is 3. The third kappa shape index (κ3) is 2.86. The second-order valence-electron chi connectivity index (χ2n) is 4.41. The molecular weight excluding hydrogens is 260 g/mol. The van der Waals surface area contributed by atoms with Crippen LogP contribution in [-0.4, -0.2) is 0 Å². The van der Waals surface area contributed by atoms with Crippen LogP contribution in [0.3, 0.4) is 0 Å². The van der Waals surface area contributed by atoms with Crippen LogP contribution < -0.4 is 11.1 Å². The topological polar surface area (TPSA) is 61.8 Å². The van der Waals surface area contributed by atoms with Gasteiger partial charge in [-0.25, -0.2) is 8.78 Å². The molecule has 0 radical (unpaired) electrons. The lowest BCUT2D eigenvalue weighted by molar-refractivity contribution is 0.152. The van der Waals surface area contributed by atoms with Crippen molar-refractivity contribution in [3.8, 4) is 6.07 Å². The molecule has 0 aliphatic heterocycles. The lowest BCUT2D eigenvalue weighted by Gasteiger charge is -2.14. The summed E-state index contributed by atoms with van der Waals surface area (Å²) in [7, 11) is 0. The molecule has 2 aromatic carbocycles. The molecule has 0 amide bonds. The van der Waals surface area contributed by atoms with E-state index in [2.05, 4.69) is 5.32 Å². The summed E-state index contributed by atoms with van der Waals surface area (Å²) in [6.45, 7) is 1.84. The fraction of sp³-hybridized carbons (Fsp3) is 0.133. The van der Waals surface area contributed by atoms with Crippen LogP contribution in [0.25, 0.3) is 0 Å². The number of hydrogen-bond donors (Lipinski definition) is 2. The lowest BCUT2D eigenvalue weighted by atomic mass is 10.1. The van der Waals surface area contributed by atoms with Crippen LogP contribution >= 0.6 is 0 Å². The summed E-state index contributed by atoms with van der Waals surface area (Å²) < 4.78 is 26.0. The van der Waals surface area contributed by atoms with Crippen LogP contribution in [0.1, 0.15) is 23.1 Å². The second-order valence-corrected chi connectivity index (χ2v) is 4.41. The van der Waals surface area contributed by atoms with Gasteiger partial charge in [0.15, 0.2) is 0 Å². The first-order valence-electron chi connectivity index (χ1n) is 5.96. The van der Waals surface area contributed by atoms with E-state index in [9.17, 15) is 8.78 Å². The minimum Gasteiger partial charge on any atom is -0.399 e. The van der Waals surface area contributed by atoms with Crippen molar-refractivity contribution in [3.05, 3.63) is 53.1 Å². The van der Waals surface area contributed by atoms with Gasteiger partial charge in [0.25, 0.3) is 6.43 Å². The number of rotatable bonds is 3. The molecule has 2 rings (SSSR count). The average molecular weight is 273 g/mol. The quantitative estimate of drug-likeness (QED) is 0.826. The number of anilines is 3. The van der Waals surface area contributed by atoms with E-state index in [1.165, 1.54) is 12.1 Å². The molecule has 3 N–H and O–H groups in total. The standard InChI is InChI=1S/C15H13F2N3/c1-9-2-3-10(8-18)6-14(9)20-13-5-4-11(19)7-12(13)15(16)17/h2-7,15,20H,19H2,1H3. The number of nitrogens with one attached hydrogen (secondary N) is 1. The lowest BCUT2D eigenvalue weighted by Crippen LogP contribution is -2.00. The zero-order valence-electron chi connectivity index (χ0n) is 10.8. The molecule has 0 fully saturated rings. The van der Waals surface area contributed by atoms with E-state index >= 15 is 0 Å². The van der Waals surface area contributed by atoms with Gasteiger partial charge in [0.2, 0.25) is 0 Å². The van der Waals surface area contributed by atoms with E-state index in [4.69, 9.17) is 11.0 Å². The largest absolute Gasteiger partial charge is 0.399 e. The van der Waals surface area contributed by atoms with Crippen molar-refractivity contribution in [2.24, 2.45) is 0 Å². The van der Waals surface area contributed by atoms with E-state index in [-0.39, 0.29) is 16.9 Å². The summed E-state index contributed by atoms with van der Waals surface area (Å²) in [4.78, 5) is 0. The zero-order chi connectivity index (χ0) is 14.7. The third-order valence-corrected chi connectivity index (χ3v) is 2.95. The predicted molar refractivity (Wildman–Crippen MR) is 75.0 cm³/mol. The maximum atomic E-state index is 13.0. The Morgan fingerprint density at radius 2 is 1.90 bits per heavy atom. The van der Waals surface area contributed by atoms with Gasteiger partial charge < -0.3 is 11.1 Å². The first-order chi connectivity index (χ1) is 9.51. The Morgan fingerprint density at radius 3 is 2.55 bits per heavy atom. The number of alkyl halides is 2. The maximum absolute atomic E-state index is 13.0. The summed E-state index contributed by atoms with van der Waals surface area (Å²) in [5.41, 5.74) is 7.89. The number of halogens is 2. The van der Waals surface area contributed by atoms with Crippen LogP contribution in [0.5, 0.6) is 0 Å². The predicted octanol–water partition coefficient (Wildman–Crippen LogP) is 4.13. The molecule has 0 bridgehead atoms. The Labute approximate surface area is 115 Å². The van der Waals surface area contributed by atoms with E-state index in [1.807, 2.05) is 13.0 Å². The average Bonchev–Trinajstić information content (AvgIpc) is 2.42. The number of benzene rings is 2.